The predicted octanol–water partition coefficient (Wildman–Crippen LogP) is 3.83. The summed E-state index contributed by atoms with van der Waals surface area (Å²) < 4.78 is 6.74. The van der Waals surface area contributed by atoms with Crippen molar-refractivity contribution in [1.29, 1.82) is 10.5 Å². The third-order valence-electron chi connectivity index (χ3n) is 3.60. The van der Waals surface area contributed by atoms with Crippen molar-refractivity contribution in [3.8, 4) is 22.9 Å². The van der Waals surface area contributed by atoms with Crippen LogP contribution in [0.15, 0.2) is 40.8 Å². The average Bonchev–Trinajstić information content (AvgIpc) is 3.28. The Hall–Kier alpha value is -3.16. The molecular formula is C18H14N4O2S. The van der Waals surface area contributed by atoms with Crippen LogP contribution in [0.2, 0.25) is 0 Å². The van der Waals surface area contributed by atoms with Crippen LogP contribution in [-0.2, 0) is 0 Å². The van der Waals surface area contributed by atoms with E-state index < -0.39 is 0 Å². The zero-order chi connectivity index (χ0) is 17.6. The Morgan fingerprint density at radius 2 is 1.84 bits per heavy atom. The monoisotopic (exact) mass is 350 g/mol. The Kier molecular flexibility index (Phi) is 5.08. The Balaban J connectivity index is 1.82. The van der Waals surface area contributed by atoms with Crippen molar-refractivity contribution >= 4 is 27.5 Å². The molecule has 0 aliphatic carbocycles. The van der Waals surface area contributed by atoms with Gasteiger partial charge in [0.2, 0.25) is 0 Å². The van der Waals surface area contributed by atoms with Gasteiger partial charge in [0.1, 0.15) is 0 Å². The first kappa shape index (κ1) is 16.7. The molecule has 0 fully saturated rings. The van der Waals surface area contributed by atoms with Crippen molar-refractivity contribution in [2.45, 2.75) is 12.8 Å². The molecule has 0 spiro atoms. The maximum atomic E-state index is 12.6. The van der Waals surface area contributed by atoms with E-state index in [4.69, 9.17) is 14.9 Å². The first-order chi connectivity index (χ1) is 12.2. The van der Waals surface area contributed by atoms with Gasteiger partial charge in [0, 0.05) is 13.1 Å². The van der Waals surface area contributed by atoms with Crippen LogP contribution in [-0.4, -0.2) is 28.9 Å². The topological polar surface area (TPSA) is 93.9 Å². The molecule has 0 aliphatic rings. The van der Waals surface area contributed by atoms with Crippen molar-refractivity contribution in [1.82, 2.24) is 9.88 Å². The van der Waals surface area contributed by atoms with Crippen LogP contribution < -0.4 is 0 Å². The van der Waals surface area contributed by atoms with Gasteiger partial charge in [0.25, 0.3) is 5.91 Å². The number of amides is 1. The van der Waals surface area contributed by atoms with Crippen molar-refractivity contribution in [2.75, 3.05) is 13.1 Å². The number of carbonyl (C=O) groups excluding carboxylic acids is 1. The summed E-state index contributed by atoms with van der Waals surface area (Å²) in [6.45, 7) is 0.544. The van der Waals surface area contributed by atoms with E-state index in [0.717, 1.165) is 10.2 Å². The van der Waals surface area contributed by atoms with E-state index in [1.807, 2.05) is 36.4 Å². The molecule has 3 aromatic rings. The molecule has 124 valence electrons. The number of thiazole rings is 1. The van der Waals surface area contributed by atoms with E-state index >= 15 is 0 Å². The molecule has 3 rings (SSSR count). The molecule has 0 bridgehead atoms. The van der Waals surface area contributed by atoms with Crippen LogP contribution in [0.1, 0.15) is 23.4 Å². The number of aromatic nitrogens is 1. The summed E-state index contributed by atoms with van der Waals surface area (Å²) in [4.78, 5) is 18.5. The number of para-hydroxylation sites is 1. The lowest BCUT2D eigenvalue weighted by Crippen LogP contribution is -2.32. The van der Waals surface area contributed by atoms with E-state index in [-0.39, 0.29) is 37.6 Å². The van der Waals surface area contributed by atoms with Gasteiger partial charge < -0.3 is 9.32 Å². The molecule has 0 atom stereocenters. The molecule has 7 heteroatoms. The van der Waals surface area contributed by atoms with Crippen LogP contribution in [0.3, 0.4) is 0 Å². The number of nitriles is 2. The third-order valence-corrected chi connectivity index (χ3v) is 4.65. The second-order valence-corrected chi connectivity index (χ2v) is 6.29. The summed E-state index contributed by atoms with van der Waals surface area (Å²) in [5.41, 5.74) is 0.886. The minimum absolute atomic E-state index is 0.185. The van der Waals surface area contributed by atoms with Crippen molar-refractivity contribution < 1.29 is 9.21 Å². The highest BCUT2D eigenvalue weighted by Gasteiger charge is 2.20. The average molecular weight is 350 g/mol. The summed E-state index contributed by atoms with van der Waals surface area (Å²) in [5.74, 6) is 0.396. The molecule has 1 amide bonds. The van der Waals surface area contributed by atoms with Gasteiger partial charge in [-0.15, -0.1) is 11.3 Å². The van der Waals surface area contributed by atoms with E-state index in [0.29, 0.717) is 10.8 Å². The highest BCUT2D eigenvalue weighted by Crippen LogP contribution is 2.31. The third kappa shape index (κ3) is 3.68. The van der Waals surface area contributed by atoms with Crippen LogP contribution in [0.4, 0.5) is 0 Å². The fraction of sp³-hybridized carbons (Fsp3) is 0.222. The number of fused-ring (bicyclic) bond motifs is 1. The molecule has 2 aromatic heterocycles. The van der Waals surface area contributed by atoms with Gasteiger partial charge in [0.05, 0.1) is 35.2 Å². The molecule has 0 saturated carbocycles. The number of rotatable bonds is 6. The summed E-state index contributed by atoms with van der Waals surface area (Å²) >= 11 is 1.50. The number of hydrogen-bond acceptors (Lipinski definition) is 6. The summed E-state index contributed by atoms with van der Waals surface area (Å²) in [6, 6.07) is 15.1. The first-order valence-electron chi connectivity index (χ1n) is 7.72. The maximum Gasteiger partial charge on any atom is 0.289 e. The largest absolute Gasteiger partial charge is 0.448 e. The Morgan fingerprint density at radius 3 is 2.52 bits per heavy atom. The molecule has 0 saturated heterocycles. The Morgan fingerprint density at radius 1 is 1.12 bits per heavy atom. The summed E-state index contributed by atoms with van der Waals surface area (Å²) in [6.07, 6.45) is 0.422. The number of carbonyl (C=O) groups is 1. The first-order valence-corrected chi connectivity index (χ1v) is 8.53. The minimum atomic E-state index is -0.321. The minimum Gasteiger partial charge on any atom is -0.448 e. The molecule has 0 aliphatic heterocycles. The highest BCUT2D eigenvalue weighted by atomic mass is 32.1. The molecule has 25 heavy (non-hydrogen) atoms. The van der Waals surface area contributed by atoms with E-state index in [1.54, 1.807) is 12.1 Å². The molecule has 2 heterocycles. The molecule has 0 unspecified atom stereocenters. The zero-order valence-electron chi connectivity index (χ0n) is 13.3. The highest BCUT2D eigenvalue weighted by molar-refractivity contribution is 7.21. The molecule has 6 nitrogen and oxygen atoms in total. The van der Waals surface area contributed by atoms with Crippen LogP contribution in [0.5, 0.6) is 0 Å². The quantitative estimate of drug-likeness (QED) is 0.673. The second-order valence-electron chi connectivity index (χ2n) is 5.26. The lowest BCUT2D eigenvalue weighted by Gasteiger charge is -2.18. The lowest BCUT2D eigenvalue weighted by molar-refractivity contribution is 0.0731. The number of furan rings is 1. The summed E-state index contributed by atoms with van der Waals surface area (Å²) in [5, 5.41) is 18.2. The maximum absolute atomic E-state index is 12.6. The fourth-order valence-electron chi connectivity index (χ4n) is 2.39. The molecule has 0 radical (unpaired) electrons. The van der Waals surface area contributed by atoms with Crippen LogP contribution in [0.25, 0.3) is 21.0 Å². The number of benzene rings is 1. The van der Waals surface area contributed by atoms with Crippen molar-refractivity contribution in [3.05, 3.63) is 42.2 Å². The smallest absolute Gasteiger partial charge is 0.289 e. The molecular weight excluding hydrogens is 336 g/mol. The van der Waals surface area contributed by atoms with Gasteiger partial charge in [-0.3, -0.25) is 4.79 Å². The zero-order valence-corrected chi connectivity index (χ0v) is 14.1. The van der Waals surface area contributed by atoms with Crippen LogP contribution >= 0.6 is 11.3 Å². The summed E-state index contributed by atoms with van der Waals surface area (Å²) in [7, 11) is 0. The normalized spacial score (nSPS) is 10.3. The van der Waals surface area contributed by atoms with Crippen LogP contribution in [0, 0.1) is 22.7 Å². The number of nitrogens with zero attached hydrogens (tertiary/aromatic N) is 4. The fourth-order valence-corrected chi connectivity index (χ4v) is 3.31. The van der Waals surface area contributed by atoms with Crippen molar-refractivity contribution in [2.24, 2.45) is 0 Å². The second kappa shape index (κ2) is 7.61. The van der Waals surface area contributed by atoms with Gasteiger partial charge >= 0.3 is 0 Å². The SMILES string of the molecule is N#CCCN(CCC#N)C(=O)c1ccc(-c2nc3ccccc3s2)o1. The van der Waals surface area contributed by atoms with Gasteiger partial charge in [-0.2, -0.15) is 10.5 Å². The Labute approximate surface area is 148 Å². The molecule has 1 aromatic carbocycles. The predicted molar refractivity (Wildman–Crippen MR) is 93.7 cm³/mol. The van der Waals surface area contributed by atoms with E-state index in [2.05, 4.69) is 4.98 Å². The lowest BCUT2D eigenvalue weighted by atomic mass is 10.3. The van der Waals surface area contributed by atoms with Gasteiger partial charge in [-0.05, 0) is 24.3 Å². The van der Waals surface area contributed by atoms with Gasteiger partial charge in [-0.1, -0.05) is 12.1 Å². The standard InChI is InChI=1S/C18H14N4O2S/c19-9-3-11-22(12-4-10-20)18(23)15-8-7-14(24-15)17-21-13-5-1-2-6-16(13)25-17/h1-2,5-8H,3-4,11-12H2. The number of hydrogen-bond donors (Lipinski definition) is 0. The van der Waals surface area contributed by atoms with Gasteiger partial charge in [-0.25, -0.2) is 4.98 Å². The van der Waals surface area contributed by atoms with E-state index in [9.17, 15) is 4.79 Å². The van der Waals surface area contributed by atoms with Crippen molar-refractivity contribution in [3.63, 3.8) is 0 Å². The Bertz CT molecular complexity index is 926. The molecule has 0 N–H and O–H groups in total. The van der Waals surface area contributed by atoms with Gasteiger partial charge in [0.15, 0.2) is 16.5 Å². The van der Waals surface area contributed by atoms with E-state index in [1.165, 1.54) is 16.2 Å².